The summed E-state index contributed by atoms with van der Waals surface area (Å²) >= 11 is 0. The van der Waals surface area contributed by atoms with Crippen LogP contribution < -0.4 is 0 Å². The highest BCUT2D eigenvalue weighted by atomic mass is 16.2. The molecule has 1 aromatic heterocycles. The molecule has 0 radical (unpaired) electrons. The molecule has 0 bridgehead atoms. The third-order valence-electron chi connectivity index (χ3n) is 5.19. The second-order valence-electron chi connectivity index (χ2n) is 6.83. The van der Waals surface area contributed by atoms with E-state index in [0.29, 0.717) is 17.7 Å². The minimum atomic E-state index is 0.0280. The number of amides is 1. The molecular weight excluding hydrogens is 300 g/mol. The number of aromatic nitrogens is 1. The minimum absolute atomic E-state index is 0.0280. The molecule has 0 N–H and O–H groups in total. The highest BCUT2D eigenvalue weighted by molar-refractivity contribution is 6.04. The zero-order valence-electron chi connectivity index (χ0n) is 14.0. The highest BCUT2D eigenvalue weighted by Crippen LogP contribution is 2.33. The number of ketones is 1. The number of aryl methyl sites for hydroxylation is 2. The Balaban J connectivity index is 1.67. The molecule has 2 heterocycles. The molecule has 4 nitrogen and oxygen atoms in total. The van der Waals surface area contributed by atoms with Crippen molar-refractivity contribution in [3.8, 4) is 0 Å². The van der Waals surface area contributed by atoms with Gasteiger partial charge in [-0.3, -0.25) is 14.6 Å². The number of Topliss-reactive ketones (excluding diaryl/α,β-unsaturated/α-hetero) is 1. The van der Waals surface area contributed by atoms with Crippen LogP contribution in [0.1, 0.15) is 56.4 Å². The van der Waals surface area contributed by atoms with Gasteiger partial charge >= 0.3 is 0 Å². The zero-order chi connectivity index (χ0) is 16.8. The number of nitrogens with zero attached hydrogens (tertiary/aromatic N) is 2. The van der Waals surface area contributed by atoms with Crippen molar-refractivity contribution in [3.05, 3.63) is 64.0 Å². The van der Waals surface area contributed by atoms with E-state index < -0.39 is 0 Å². The zero-order valence-corrected chi connectivity index (χ0v) is 14.0. The number of hydrogen-bond donors (Lipinski definition) is 0. The van der Waals surface area contributed by atoms with Crippen molar-refractivity contribution in [1.82, 2.24) is 9.88 Å². The van der Waals surface area contributed by atoms with Crippen molar-refractivity contribution < 1.29 is 9.59 Å². The number of hydrogen-bond acceptors (Lipinski definition) is 3. The Kier molecular flexibility index (Phi) is 3.48. The fourth-order valence-corrected chi connectivity index (χ4v) is 3.98. The van der Waals surface area contributed by atoms with Gasteiger partial charge in [-0.15, -0.1) is 0 Å². The molecule has 0 saturated heterocycles. The Bertz CT molecular complexity index is 857. The van der Waals surface area contributed by atoms with E-state index in [4.69, 9.17) is 0 Å². The Morgan fingerprint density at radius 3 is 2.96 bits per heavy atom. The Morgan fingerprint density at radius 1 is 1.33 bits per heavy atom. The average molecular weight is 320 g/mol. The van der Waals surface area contributed by atoms with Gasteiger partial charge in [0.1, 0.15) is 0 Å². The third kappa shape index (κ3) is 2.33. The molecule has 24 heavy (non-hydrogen) atoms. The monoisotopic (exact) mass is 320 g/mol. The van der Waals surface area contributed by atoms with E-state index in [1.165, 1.54) is 5.56 Å². The fourth-order valence-electron chi connectivity index (χ4n) is 3.98. The predicted molar refractivity (Wildman–Crippen MR) is 91.1 cm³/mol. The Morgan fingerprint density at radius 2 is 2.17 bits per heavy atom. The van der Waals surface area contributed by atoms with Crippen LogP contribution in [-0.4, -0.2) is 27.6 Å². The van der Waals surface area contributed by atoms with Gasteiger partial charge in [0.25, 0.3) is 5.91 Å². The molecule has 2 aliphatic rings. The van der Waals surface area contributed by atoms with E-state index in [9.17, 15) is 9.59 Å². The van der Waals surface area contributed by atoms with Crippen LogP contribution in [-0.2, 0) is 19.4 Å². The minimum Gasteiger partial charge on any atom is -0.331 e. The van der Waals surface area contributed by atoms with Crippen LogP contribution in [0.3, 0.4) is 0 Å². The maximum absolute atomic E-state index is 12.9. The smallest absolute Gasteiger partial charge is 0.254 e. The molecule has 0 spiro atoms. The van der Waals surface area contributed by atoms with Crippen LogP contribution in [0.2, 0.25) is 0 Å². The van der Waals surface area contributed by atoms with E-state index in [-0.39, 0.29) is 17.7 Å². The summed E-state index contributed by atoms with van der Waals surface area (Å²) in [5, 5.41) is 0. The molecule has 0 saturated carbocycles. The summed E-state index contributed by atoms with van der Waals surface area (Å²) in [6.45, 7) is 4.04. The van der Waals surface area contributed by atoms with Gasteiger partial charge in [0.15, 0.2) is 5.78 Å². The molecule has 1 aromatic carbocycles. The Labute approximate surface area is 141 Å². The standard InChI is InChI=1S/C20H20N2O2/c1-12-8-16(13(2)23)18-11-22(20(24)17(18)9-12)15-6-5-14-4-3-7-21-19(14)10-15/h3-4,7-9,15H,5-6,10-11H2,1-2H3. The van der Waals surface area contributed by atoms with E-state index >= 15 is 0 Å². The highest BCUT2D eigenvalue weighted by Gasteiger charge is 2.36. The first kappa shape index (κ1) is 15.1. The molecule has 1 amide bonds. The SMILES string of the molecule is CC(=O)c1cc(C)cc2c1CN(C1CCc3cccnc3C1)C2=O. The second-order valence-corrected chi connectivity index (χ2v) is 6.83. The fraction of sp³-hybridized carbons (Fsp3) is 0.350. The number of carbonyl (C=O) groups excluding carboxylic acids is 2. The molecule has 1 aliphatic heterocycles. The topological polar surface area (TPSA) is 50.3 Å². The molecule has 1 aliphatic carbocycles. The molecule has 2 aromatic rings. The third-order valence-corrected chi connectivity index (χ3v) is 5.19. The summed E-state index contributed by atoms with van der Waals surface area (Å²) in [5.74, 6) is 0.0841. The summed E-state index contributed by atoms with van der Waals surface area (Å²) in [7, 11) is 0. The van der Waals surface area contributed by atoms with Crippen molar-refractivity contribution in [1.29, 1.82) is 0 Å². The molecule has 1 atom stereocenters. The predicted octanol–water partition coefficient (Wildman–Crippen LogP) is 3.11. The average Bonchev–Trinajstić information content (AvgIpc) is 2.90. The van der Waals surface area contributed by atoms with E-state index in [2.05, 4.69) is 11.1 Å². The van der Waals surface area contributed by atoms with Gasteiger partial charge in [0.05, 0.1) is 0 Å². The van der Waals surface area contributed by atoms with Crippen molar-refractivity contribution in [2.75, 3.05) is 0 Å². The van der Waals surface area contributed by atoms with Crippen LogP contribution in [0.25, 0.3) is 0 Å². The van der Waals surface area contributed by atoms with Gasteiger partial charge in [-0.05, 0) is 61.6 Å². The summed E-state index contributed by atoms with van der Waals surface area (Å²) in [6, 6.07) is 8.07. The molecule has 1 unspecified atom stereocenters. The lowest BCUT2D eigenvalue weighted by Crippen LogP contribution is -2.39. The lowest BCUT2D eigenvalue weighted by molar-refractivity contribution is 0.0685. The largest absolute Gasteiger partial charge is 0.331 e. The van der Waals surface area contributed by atoms with Gasteiger partial charge in [-0.25, -0.2) is 0 Å². The lowest BCUT2D eigenvalue weighted by atomic mass is 9.91. The molecule has 0 fully saturated rings. The van der Waals surface area contributed by atoms with Gasteiger partial charge < -0.3 is 4.90 Å². The van der Waals surface area contributed by atoms with Gasteiger partial charge in [-0.1, -0.05) is 6.07 Å². The molecular formula is C20H20N2O2. The summed E-state index contributed by atoms with van der Waals surface area (Å²) in [5.41, 5.74) is 5.63. The van der Waals surface area contributed by atoms with Crippen LogP contribution in [0.4, 0.5) is 0 Å². The van der Waals surface area contributed by atoms with Crippen molar-refractivity contribution >= 4 is 11.7 Å². The van der Waals surface area contributed by atoms with E-state index in [1.807, 2.05) is 36.2 Å². The van der Waals surface area contributed by atoms with Crippen LogP contribution >= 0.6 is 0 Å². The quantitative estimate of drug-likeness (QED) is 0.799. The normalized spacial score (nSPS) is 19.2. The maximum atomic E-state index is 12.9. The van der Waals surface area contributed by atoms with Crippen LogP contribution in [0, 0.1) is 6.92 Å². The number of pyridine rings is 1. The summed E-state index contributed by atoms with van der Waals surface area (Å²) in [6.07, 6.45) is 4.52. The van der Waals surface area contributed by atoms with Gasteiger partial charge in [-0.2, -0.15) is 0 Å². The number of fused-ring (bicyclic) bond motifs is 2. The van der Waals surface area contributed by atoms with E-state index in [0.717, 1.165) is 36.1 Å². The number of rotatable bonds is 2. The first-order chi connectivity index (χ1) is 11.5. The van der Waals surface area contributed by atoms with Crippen LogP contribution in [0.15, 0.2) is 30.5 Å². The van der Waals surface area contributed by atoms with Gasteiger partial charge in [0, 0.05) is 42.0 Å². The lowest BCUT2D eigenvalue weighted by Gasteiger charge is -2.31. The van der Waals surface area contributed by atoms with Crippen molar-refractivity contribution in [2.24, 2.45) is 0 Å². The first-order valence-electron chi connectivity index (χ1n) is 8.43. The molecule has 4 rings (SSSR count). The first-order valence-corrected chi connectivity index (χ1v) is 8.43. The number of carbonyl (C=O) groups is 2. The van der Waals surface area contributed by atoms with Crippen molar-refractivity contribution in [2.45, 2.75) is 45.7 Å². The second kappa shape index (κ2) is 5.55. The summed E-state index contributed by atoms with van der Waals surface area (Å²) in [4.78, 5) is 31.3. The maximum Gasteiger partial charge on any atom is 0.254 e. The summed E-state index contributed by atoms with van der Waals surface area (Å²) < 4.78 is 0. The van der Waals surface area contributed by atoms with Crippen LogP contribution in [0.5, 0.6) is 0 Å². The Hall–Kier alpha value is -2.49. The van der Waals surface area contributed by atoms with Gasteiger partial charge in [0.2, 0.25) is 0 Å². The number of benzene rings is 1. The van der Waals surface area contributed by atoms with E-state index in [1.54, 1.807) is 6.92 Å². The van der Waals surface area contributed by atoms with Crippen molar-refractivity contribution in [3.63, 3.8) is 0 Å². The molecule has 122 valence electrons. The molecule has 4 heteroatoms.